The maximum Gasteiger partial charge on any atom is 0.249 e. The Hall–Kier alpha value is -2.58. The number of allylic oxidation sites excluding steroid dienone is 6. The topological polar surface area (TPSA) is 256 Å². The van der Waals surface area contributed by atoms with Crippen LogP contribution in [0.4, 0.5) is 0 Å². The van der Waals surface area contributed by atoms with Gasteiger partial charge in [-0.3, -0.25) is 9.79 Å². The van der Waals surface area contributed by atoms with Gasteiger partial charge in [0.1, 0.15) is 41.9 Å². The minimum Gasteiger partial charge on any atom is -0.467 e. The van der Waals surface area contributed by atoms with Crippen molar-refractivity contribution in [3.05, 3.63) is 46.8 Å². The van der Waals surface area contributed by atoms with Crippen molar-refractivity contribution < 1.29 is 49.3 Å². The predicted molar refractivity (Wildman–Crippen MR) is 214 cm³/mol. The van der Waals surface area contributed by atoms with E-state index in [0.29, 0.717) is 25.3 Å². The highest BCUT2D eigenvalue weighted by Crippen LogP contribution is 2.32. The first-order chi connectivity index (χ1) is 26.6. The zero-order valence-electron chi connectivity index (χ0n) is 34.1. The molecule has 1 saturated carbocycles. The number of hydrogen-bond acceptors (Lipinski definition) is 15. The van der Waals surface area contributed by atoms with Gasteiger partial charge in [-0.15, -0.1) is 0 Å². The fraction of sp³-hybridized carbons (Fsp3) is 0.750. The first kappa shape index (κ1) is 47.8. The van der Waals surface area contributed by atoms with Crippen molar-refractivity contribution in [3.63, 3.8) is 0 Å². The largest absolute Gasteiger partial charge is 0.467 e. The number of aliphatic hydroxyl groups excluding tert-OH is 4. The lowest BCUT2D eigenvalue weighted by molar-refractivity contribution is -0.304. The second-order valence-electron chi connectivity index (χ2n) is 15.7. The number of carbonyl (C=O) groups is 1. The van der Waals surface area contributed by atoms with Crippen LogP contribution >= 0.6 is 0 Å². The summed E-state index contributed by atoms with van der Waals surface area (Å²) in [7, 11) is 1.58. The van der Waals surface area contributed by atoms with Crippen molar-refractivity contribution in [2.45, 2.75) is 152 Å². The molecule has 0 bridgehead atoms. The van der Waals surface area contributed by atoms with Crippen LogP contribution < -0.4 is 27.4 Å². The molecule has 16 heteroatoms. The third-order valence-electron chi connectivity index (χ3n) is 10.3. The Kier molecular flexibility index (Phi) is 20.3. The van der Waals surface area contributed by atoms with Crippen LogP contribution in [-0.2, 0) is 23.7 Å². The second-order valence-corrected chi connectivity index (χ2v) is 15.7. The maximum atomic E-state index is 13.3. The lowest BCUT2D eigenvalue weighted by Gasteiger charge is -2.48. The zero-order valence-corrected chi connectivity index (χ0v) is 34.1. The molecule has 56 heavy (non-hydrogen) atoms. The Morgan fingerprint density at radius 3 is 2.45 bits per heavy atom. The Morgan fingerprint density at radius 1 is 1.05 bits per heavy atom. The number of hydrogen-bond donors (Lipinski definition) is 10. The Bertz CT molecular complexity index is 1370. The molecule has 0 aromatic heterocycles. The normalized spacial score (nSPS) is 33.5. The third kappa shape index (κ3) is 15.0. The van der Waals surface area contributed by atoms with Crippen molar-refractivity contribution in [1.82, 2.24) is 16.0 Å². The van der Waals surface area contributed by atoms with Crippen LogP contribution in [0.25, 0.3) is 0 Å². The van der Waals surface area contributed by atoms with Gasteiger partial charge in [0.2, 0.25) is 12.2 Å². The van der Waals surface area contributed by atoms with Crippen molar-refractivity contribution in [3.8, 4) is 0 Å². The SMILES string of the molecule is CNC1C(O)C(OC2C(NC(=O)C(O)CCN=C/C=C(\C)CC/C=C(\C)CCC=C(C)C)CC(N)C(OC3OC(CNCCO)=CCC3N)C2O)OCC1(C)O. The molecular weight excluding hydrogens is 724 g/mol. The first-order valence-electron chi connectivity index (χ1n) is 19.9. The van der Waals surface area contributed by atoms with Gasteiger partial charge in [-0.05, 0) is 92.3 Å². The smallest absolute Gasteiger partial charge is 0.249 e. The van der Waals surface area contributed by atoms with Crippen LogP contribution in [0.1, 0.15) is 79.6 Å². The molecular formula is C40H70N6O10. The van der Waals surface area contributed by atoms with Gasteiger partial charge in [-0.1, -0.05) is 28.9 Å². The molecule has 16 nitrogen and oxygen atoms in total. The van der Waals surface area contributed by atoms with E-state index in [1.165, 1.54) is 23.6 Å². The molecule has 0 aromatic carbocycles. The number of likely N-dealkylation sites (N-methyl/N-ethyl adjacent to an activating group) is 1. The Balaban J connectivity index is 1.64. The highest BCUT2D eigenvalue weighted by molar-refractivity contribution is 5.81. The number of amides is 1. The molecule has 1 amide bonds. The van der Waals surface area contributed by atoms with E-state index in [-0.39, 0.29) is 32.6 Å². The number of rotatable bonds is 21. The molecule has 320 valence electrons. The second kappa shape index (κ2) is 23.7. The molecule has 1 saturated heterocycles. The van der Waals surface area contributed by atoms with Gasteiger partial charge in [0.05, 0.1) is 37.9 Å². The lowest BCUT2D eigenvalue weighted by Crippen LogP contribution is -2.69. The number of nitrogens with two attached hydrogens (primary N) is 2. The lowest BCUT2D eigenvalue weighted by atomic mass is 9.83. The zero-order chi connectivity index (χ0) is 41.4. The molecule has 0 aromatic rings. The number of nitrogens with one attached hydrogen (secondary N) is 3. The average molecular weight is 795 g/mol. The van der Waals surface area contributed by atoms with Gasteiger partial charge in [0, 0.05) is 31.8 Å². The highest BCUT2D eigenvalue weighted by atomic mass is 16.7. The van der Waals surface area contributed by atoms with E-state index in [9.17, 15) is 25.2 Å². The molecule has 0 radical (unpaired) electrons. The summed E-state index contributed by atoms with van der Waals surface area (Å²) in [6.45, 7) is 10.6. The summed E-state index contributed by atoms with van der Waals surface area (Å²) >= 11 is 0. The fourth-order valence-electron chi connectivity index (χ4n) is 6.99. The van der Waals surface area contributed by atoms with E-state index in [2.05, 4.69) is 53.9 Å². The number of aliphatic imine (C=N–C) groups is 1. The van der Waals surface area contributed by atoms with Crippen molar-refractivity contribution in [2.75, 3.05) is 39.9 Å². The molecule has 12 atom stereocenters. The van der Waals surface area contributed by atoms with Gasteiger partial charge in [0.15, 0.2) is 6.29 Å². The molecule has 2 heterocycles. The number of aliphatic hydroxyl groups is 5. The quantitative estimate of drug-likeness (QED) is 0.0423. The summed E-state index contributed by atoms with van der Waals surface area (Å²) in [5.41, 5.74) is 15.3. The summed E-state index contributed by atoms with van der Waals surface area (Å²) in [5, 5.41) is 62.3. The summed E-state index contributed by atoms with van der Waals surface area (Å²) in [6.07, 6.45) is 5.56. The van der Waals surface area contributed by atoms with Crippen molar-refractivity contribution >= 4 is 12.1 Å². The molecule has 12 unspecified atom stereocenters. The summed E-state index contributed by atoms with van der Waals surface area (Å²) in [4.78, 5) is 17.7. The van der Waals surface area contributed by atoms with Crippen LogP contribution in [0.15, 0.2) is 51.8 Å². The third-order valence-corrected chi connectivity index (χ3v) is 10.3. The van der Waals surface area contributed by atoms with Crippen molar-refractivity contribution in [1.29, 1.82) is 0 Å². The highest BCUT2D eigenvalue weighted by Gasteiger charge is 2.52. The van der Waals surface area contributed by atoms with E-state index in [0.717, 1.165) is 25.7 Å². The molecule has 0 spiro atoms. The molecule has 3 rings (SSSR count). The Labute approximate surface area is 332 Å². The van der Waals surface area contributed by atoms with Crippen molar-refractivity contribution in [2.24, 2.45) is 16.5 Å². The average Bonchev–Trinajstić information content (AvgIpc) is 3.13. The van der Waals surface area contributed by atoms with Gasteiger partial charge >= 0.3 is 0 Å². The predicted octanol–water partition coefficient (Wildman–Crippen LogP) is 0.170. The summed E-state index contributed by atoms with van der Waals surface area (Å²) in [5.74, 6) is -0.153. The molecule has 2 fully saturated rings. The van der Waals surface area contributed by atoms with E-state index in [4.69, 9.17) is 35.5 Å². The van der Waals surface area contributed by atoms with E-state index in [1.54, 1.807) is 13.3 Å². The monoisotopic (exact) mass is 795 g/mol. The summed E-state index contributed by atoms with van der Waals surface area (Å²) in [6, 6.07) is -3.20. The van der Waals surface area contributed by atoms with Gasteiger partial charge in [0.25, 0.3) is 0 Å². The van der Waals surface area contributed by atoms with Crippen LogP contribution in [-0.4, -0.2) is 150 Å². The van der Waals surface area contributed by atoms with E-state index >= 15 is 0 Å². The molecule has 1 aliphatic carbocycles. The molecule has 12 N–H and O–H groups in total. The van der Waals surface area contributed by atoms with E-state index in [1.807, 2.05) is 19.1 Å². The van der Waals surface area contributed by atoms with E-state index < -0.39 is 78.8 Å². The van der Waals surface area contributed by atoms with Crippen LogP contribution in [0.3, 0.4) is 0 Å². The number of nitrogens with zero attached hydrogens (tertiary/aromatic N) is 1. The van der Waals surface area contributed by atoms with Crippen LogP contribution in [0.5, 0.6) is 0 Å². The molecule has 2 aliphatic heterocycles. The van der Waals surface area contributed by atoms with Gasteiger partial charge in [-0.25, -0.2) is 0 Å². The Morgan fingerprint density at radius 2 is 1.75 bits per heavy atom. The van der Waals surface area contributed by atoms with Gasteiger partial charge < -0.3 is 71.9 Å². The maximum absolute atomic E-state index is 13.3. The number of ether oxygens (including phenoxy) is 4. The van der Waals surface area contributed by atoms with Crippen LogP contribution in [0, 0.1) is 0 Å². The first-order valence-corrected chi connectivity index (χ1v) is 19.9. The fourth-order valence-corrected chi connectivity index (χ4v) is 6.99. The number of carbonyl (C=O) groups excluding carboxylic acids is 1. The summed E-state index contributed by atoms with van der Waals surface area (Å²) < 4.78 is 24.1. The minimum absolute atomic E-state index is 0.0423. The molecule has 3 aliphatic rings. The standard InChI is InChI=1S/C40H70N6O10/c1-24(2)9-7-10-25(3)11-8-12-26(4)15-17-44-18-16-31(48)37(51)46-30-21-29(42)34(55-38-28(41)14-13-27(54-38)22-45-19-20-47)32(49)35(30)56-39-33(50)36(43-6)40(5,52)23-53-39/h9,11,13,15,17,28-36,38-39,43,45,47-50,52H,7-8,10,12,14,16,18-23,41-42H2,1-6H3,(H,46,51)/b25-11+,26-15+,44-17?. The van der Waals surface area contributed by atoms with Gasteiger partial charge in [-0.2, -0.15) is 0 Å². The minimum atomic E-state index is -1.48. The van der Waals surface area contributed by atoms with Crippen LogP contribution in [0.2, 0.25) is 0 Å².